The average Bonchev–Trinajstić information content (AvgIpc) is 2.81. The van der Waals surface area contributed by atoms with E-state index in [0.717, 1.165) is 6.92 Å². The predicted molar refractivity (Wildman–Crippen MR) is 84.1 cm³/mol. The largest absolute Gasteiger partial charge is 0.469 e. The van der Waals surface area contributed by atoms with Crippen molar-refractivity contribution < 1.29 is 47.2 Å². The van der Waals surface area contributed by atoms with Gasteiger partial charge in [0.15, 0.2) is 18.5 Å². The minimum Gasteiger partial charge on any atom is -0.455 e. The van der Waals surface area contributed by atoms with Crippen molar-refractivity contribution in [1.29, 1.82) is 0 Å². The molecule has 4 N–H and O–H groups in total. The zero-order valence-corrected chi connectivity index (χ0v) is 14.9. The van der Waals surface area contributed by atoms with Crippen LogP contribution < -0.4 is 10.3 Å². The Morgan fingerprint density at radius 2 is 1.88 bits per heavy atom. The van der Waals surface area contributed by atoms with Crippen molar-refractivity contribution in [2.24, 2.45) is 0 Å². The van der Waals surface area contributed by atoms with Crippen LogP contribution >= 0.6 is 7.82 Å². The van der Waals surface area contributed by atoms with Crippen LogP contribution in [0.4, 0.5) is 5.69 Å². The Balaban J connectivity index is 2.34. The highest BCUT2D eigenvalue weighted by Crippen LogP contribution is 2.38. The summed E-state index contributed by atoms with van der Waals surface area (Å²) in [6.45, 7) is 1.73. The number of ether oxygens (including phenoxy) is 3. The first-order chi connectivity index (χ1) is 12.1. The van der Waals surface area contributed by atoms with Gasteiger partial charge in [-0.15, -0.1) is 0 Å². The fourth-order valence-electron chi connectivity index (χ4n) is 2.57. The molecule has 0 saturated carbocycles. The summed E-state index contributed by atoms with van der Waals surface area (Å²) in [7, 11) is -4.78. The molecule has 0 aromatic carbocycles. The van der Waals surface area contributed by atoms with Crippen LogP contribution in [0.3, 0.4) is 0 Å². The number of hydrogen-bond donors (Lipinski definition) is 3. The van der Waals surface area contributed by atoms with Crippen LogP contribution in [0.1, 0.15) is 20.1 Å². The van der Waals surface area contributed by atoms with Crippen LogP contribution in [0.25, 0.3) is 0 Å². The first kappa shape index (κ1) is 20.3. The molecule has 1 aromatic heterocycles. The average molecular weight is 391 g/mol. The summed E-state index contributed by atoms with van der Waals surface area (Å²) in [5, 5.41) is 0. The van der Waals surface area contributed by atoms with Gasteiger partial charge in [0.1, 0.15) is 6.10 Å². The monoisotopic (exact) mass is 391 g/mol. The highest BCUT2D eigenvalue weighted by Gasteiger charge is 2.54. The molecule has 1 aliphatic heterocycles. The van der Waals surface area contributed by atoms with Gasteiger partial charge in [0.25, 0.3) is 0 Å². The van der Waals surface area contributed by atoms with Crippen LogP contribution in [0.15, 0.2) is 24.5 Å². The number of nitrogens with two attached hydrogens (primary N) is 1. The van der Waals surface area contributed by atoms with Gasteiger partial charge in [0.2, 0.25) is 6.10 Å². The molecule has 0 bridgehead atoms. The van der Waals surface area contributed by atoms with Crippen molar-refractivity contribution in [3.05, 3.63) is 24.5 Å². The maximum atomic E-state index is 11.5. The van der Waals surface area contributed by atoms with Gasteiger partial charge >= 0.3 is 26.0 Å². The minimum absolute atomic E-state index is 0.400. The smallest absolute Gasteiger partial charge is 0.455 e. The quantitative estimate of drug-likeness (QED) is 0.325. The molecule has 144 valence electrons. The Morgan fingerprint density at radius 1 is 1.27 bits per heavy atom. The molecule has 0 spiro atoms. The van der Waals surface area contributed by atoms with Crippen molar-refractivity contribution in [1.82, 2.24) is 0 Å². The molecule has 1 saturated heterocycles. The van der Waals surface area contributed by atoms with E-state index in [0.29, 0.717) is 5.69 Å². The lowest BCUT2D eigenvalue weighted by Crippen LogP contribution is -2.48. The van der Waals surface area contributed by atoms with Crippen molar-refractivity contribution in [2.45, 2.75) is 38.4 Å². The Hall–Kier alpha value is -2.04. The number of anilines is 1. The molecule has 0 radical (unpaired) electrons. The Bertz CT molecular complexity index is 722. The van der Waals surface area contributed by atoms with E-state index in [-0.39, 0.29) is 0 Å². The van der Waals surface area contributed by atoms with Crippen LogP contribution in [-0.4, -0.2) is 46.6 Å². The molecule has 12 heteroatoms. The van der Waals surface area contributed by atoms with E-state index < -0.39 is 50.9 Å². The number of phosphoric ester groups is 1. The summed E-state index contributed by atoms with van der Waals surface area (Å²) in [6.07, 6.45) is -1.14. The van der Waals surface area contributed by atoms with Gasteiger partial charge < -0.3 is 29.7 Å². The number of phosphoric acid groups is 1. The Morgan fingerprint density at radius 3 is 2.42 bits per heavy atom. The van der Waals surface area contributed by atoms with Gasteiger partial charge in [-0.2, -0.15) is 4.57 Å². The zero-order chi connectivity index (χ0) is 19.5. The molecular formula is C14H20N2O9P+. The maximum Gasteiger partial charge on any atom is 0.469 e. The van der Waals surface area contributed by atoms with Crippen molar-refractivity contribution in [3.8, 4) is 0 Å². The van der Waals surface area contributed by atoms with Crippen molar-refractivity contribution >= 4 is 25.4 Å². The van der Waals surface area contributed by atoms with E-state index >= 15 is 0 Å². The van der Waals surface area contributed by atoms with Gasteiger partial charge in [0.05, 0.1) is 12.3 Å². The summed E-state index contributed by atoms with van der Waals surface area (Å²) < 4.78 is 33.1. The summed E-state index contributed by atoms with van der Waals surface area (Å²) in [4.78, 5) is 40.7. The number of rotatable bonds is 6. The van der Waals surface area contributed by atoms with Gasteiger partial charge in [-0.3, -0.25) is 14.1 Å². The molecule has 1 fully saturated rings. The third kappa shape index (κ3) is 5.48. The molecule has 0 amide bonds. The van der Waals surface area contributed by atoms with Crippen LogP contribution in [0.5, 0.6) is 0 Å². The van der Waals surface area contributed by atoms with E-state index in [4.69, 9.17) is 29.7 Å². The Labute approximate surface area is 148 Å². The van der Waals surface area contributed by atoms with Gasteiger partial charge in [0, 0.05) is 19.9 Å². The fourth-order valence-corrected chi connectivity index (χ4v) is 2.92. The normalized spacial score (nSPS) is 25.7. The molecule has 0 unspecified atom stereocenters. The third-order valence-electron chi connectivity index (χ3n) is 3.44. The number of carbonyl (C=O) groups excluding carboxylic acids is 2. The molecule has 2 heterocycles. The molecule has 4 atom stereocenters. The highest BCUT2D eigenvalue weighted by molar-refractivity contribution is 7.46. The first-order valence-electron chi connectivity index (χ1n) is 7.53. The molecule has 0 aliphatic carbocycles. The van der Waals surface area contributed by atoms with E-state index in [2.05, 4.69) is 4.52 Å². The van der Waals surface area contributed by atoms with E-state index in [9.17, 15) is 14.2 Å². The maximum absolute atomic E-state index is 11.5. The topological polar surface area (TPSA) is 158 Å². The van der Waals surface area contributed by atoms with E-state index in [1.807, 2.05) is 0 Å². The second kappa shape index (κ2) is 8.11. The van der Waals surface area contributed by atoms with Gasteiger partial charge in [-0.1, -0.05) is 0 Å². The number of esters is 2. The number of hydrogen-bond acceptors (Lipinski definition) is 8. The molecule has 1 aliphatic rings. The van der Waals surface area contributed by atoms with Crippen LogP contribution in [-0.2, 0) is 32.9 Å². The summed E-state index contributed by atoms with van der Waals surface area (Å²) >= 11 is 0. The minimum atomic E-state index is -4.78. The van der Waals surface area contributed by atoms with Gasteiger partial charge in [-0.25, -0.2) is 4.57 Å². The number of nitrogens with zero attached hydrogens (tertiary/aromatic N) is 1. The molecule has 26 heavy (non-hydrogen) atoms. The predicted octanol–water partition coefficient (Wildman–Crippen LogP) is -0.574. The number of carbonyl (C=O) groups is 2. The second-order valence-corrected chi connectivity index (χ2v) is 6.82. The molecular weight excluding hydrogens is 371 g/mol. The summed E-state index contributed by atoms with van der Waals surface area (Å²) in [5.74, 6) is -1.34. The lowest BCUT2D eigenvalue weighted by molar-refractivity contribution is -0.764. The summed E-state index contributed by atoms with van der Waals surface area (Å²) in [5.41, 5.74) is 6.14. The standard InChI is InChI=1S/C14H19N2O9P/c1-8(17)23-12-11(7-22-26(19,20)21)25-14(13(12)24-9(2)18)16-5-3-4-10(15)6-16/h3-6,11-14H,7,15H2,1-2H3,(H-,19,20,21)/p+1/t11-,12-,13-,14-/m1/s1. The number of pyridine rings is 1. The molecule has 11 nitrogen and oxygen atoms in total. The zero-order valence-electron chi connectivity index (χ0n) is 14.0. The van der Waals surface area contributed by atoms with Crippen molar-refractivity contribution in [3.63, 3.8) is 0 Å². The van der Waals surface area contributed by atoms with Crippen molar-refractivity contribution in [2.75, 3.05) is 12.3 Å². The fraction of sp³-hybridized carbons (Fsp3) is 0.500. The third-order valence-corrected chi connectivity index (χ3v) is 3.92. The number of aromatic nitrogens is 1. The molecule has 2 rings (SSSR count). The SMILES string of the molecule is CC(=O)O[C@@H]1[C@H](OC(C)=O)[C@@H](COP(=O)(O)O)O[C@H]1[n+]1cccc(N)c1. The lowest BCUT2D eigenvalue weighted by Gasteiger charge is -2.21. The lowest BCUT2D eigenvalue weighted by atomic mass is 10.1. The van der Waals surface area contributed by atoms with E-state index in [1.165, 1.54) is 17.7 Å². The van der Waals surface area contributed by atoms with E-state index in [1.54, 1.807) is 18.3 Å². The Kier molecular flexibility index (Phi) is 6.32. The number of nitrogen functional groups attached to an aromatic ring is 1. The second-order valence-electron chi connectivity index (χ2n) is 5.58. The molecule has 1 aromatic rings. The van der Waals surface area contributed by atoms with Crippen LogP contribution in [0, 0.1) is 0 Å². The summed E-state index contributed by atoms with van der Waals surface area (Å²) in [6, 6.07) is 3.26. The van der Waals surface area contributed by atoms with Crippen LogP contribution in [0.2, 0.25) is 0 Å². The first-order valence-corrected chi connectivity index (χ1v) is 9.06. The van der Waals surface area contributed by atoms with Gasteiger partial charge in [-0.05, 0) is 6.07 Å². The highest BCUT2D eigenvalue weighted by atomic mass is 31.2.